The summed E-state index contributed by atoms with van der Waals surface area (Å²) in [6.07, 6.45) is 1.26. The van der Waals surface area contributed by atoms with E-state index in [1.165, 1.54) is 0 Å². The van der Waals surface area contributed by atoms with Gasteiger partial charge in [-0.25, -0.2) is 13.6 Å². The third kappa shape index (κ3) is 4.78. The molecule has 0 radical (unpaired) electrons. The van der Waals surface area contributed by atoms with Crippen molar-refractivity contribution in [2.75, 3.05) is 13.2 Å². The molecule has 0 aliphatic heterocycles. The Hall–Kier alpha value is -2.02. The minimum absolute atomic E-state index is 0.0419. The number of aliphatic hydroxyl groups excluding tert-OH is 1. The molecule has 0 heterocycles. The molecule has 0 saturated carbocycles. The van der Waals surface area contributed by atoms with E-state index in [0.29, 0.717) is 25.0 Å². The monoisotopic (exact) mass is 301 g/mol. The first kappa shape index (κ1) is 17.0. The van der Waals surface area contributed by atoms with E-state index < -0.39 is 34.6 Å². The second-order valence-corrected chi connectivity index (χ2v) is 4.80. The molecule has 116 valence electrons. The van der Waals surface area contributed by atoms with Gasteiger partial charge >= 0.3 is 5.97 Å². The molecule has 0 bridgehead atoms. The first-order valence-corrected chi connectivity index (χ1v) is 6.48. The van der Waals surface area contributed by atoms with Crippen molar-refractivity contribution < 1.29 is 28.6 Å². The van der Waals surface area contributed by atoms with E-state index in [1.807, 2.05) is 6.92 Å². The summed E-state index contributed by atoms with van der Waals surface area (Å²) in [6, 6.07) is 1.06. The number of carbonyl (C=O) groups is 2. The maximum absolute atomic E-state index is 13.1. The molecule has 0 aliphatic rings. The lowest BCUT2D eigenvalue weighted by molar-refractivity contribution is 0.0690. The van der Waals surface area contributed by atoms with Crippen LogP contribution in [0.4, 0.5) is 8.78 Å². The van der Waals surface area contributed by atoms with Crippen molar-refractivity contribution in [2.24, 2.45) is 5.92 Å². The third-order valence-electron chi connectivity index (χ3n) is 3.01. The van der Waals surface area contributed by atoms with Gasteiger partial charge in [-0.05, 0) is 30.9 Å². The zero-order chi connectivity index (χ0) is 16.0. The van der Waals surface area contributed by atoms with Gasteiger partial charge < -0.3 is 15.5 Å². The maximum atomic E-state index is 13.1. The van der Waals surface area contributed by atoms with Crippen LogP contribution < -0.4 is 5.32 Å². The van der Waals surface area contributed by atoms with Crippen LogP contribution in [-0.4, -0.2) is 35.2 Å². The number of hydrogen-bond donors (Lipinski definition) is 3. The molecule has 5 nitrogen and oxygen atoms in total. The number of aliphatic hydroxyl groups is 1. The quantitative estimate of drug-likeness (QED) is 0.670. The number of hydrogen-bond acceptors (Lipinski definition) is 3. The van der Waals surface area contributed by atoms with Crippen LogP contribution in [0.3, 0.4) is 0 Å². The van der Waals surface area contributed by atoms with Crippen LogP contribution in [-0.2, 0) is 0 Å². The normalized spacial score (nSPS) is 12.0. The second kappa shape index (κ2) is 7.68. The van der Waals surface area contributed by atoms with Crippen molar-refractivity contribution >= 4 is 11.9 Å². The van der Waals surface area contributed by atoms with Crippen LogP contribution in [0.1, 0.15) is 40.5 Å². The van der Waals surface area contributed by atoms with E-state index in [4.69, 9.17) is 10.2 Å². The number of carboxylic acids is 1. The molecule has 1 amide bonds. The van der Waals surface area contributed by atoms with Crippen molar-refractivity contribution in [2.45, 2.75) is 19.8 Å². The molecule has 0 fully saturated rings. The lowest BCUT2D eigenvalue weighted by Crippen LogP contribution is -2.27. The summed E-state index contributed by atoms with van der Waals surface area (Å²) >= 11 is 0. The molecule has 0 aromatic heterocycles. The smallest absolute Gasteiger partial charge is 0.336 e. The molecule has 0 saturated heterocycles. The Bertz CT molecular complexity index is 534. The van der Waals surface area contributed by atoms with E-state index in [-0.39, 0.29) is 19.1 Å². The maximum Gasteiger partial charge on any atom is 0.336 e. The number of carboxylic acid groups (broad SMARTS) is 1. The van der Waals surface area contributed by atoms with Crippen molar-refractivity contribution in [1.82, 2.24) is 5.32 Å². The molecule has 3 N–H and O–H groups in total. The molecular formula is C14H17F2NO4. The lowest BCUT2D eigenvalue weighted by atomic mass is 10.1. The van der Waals surface area contributed by atoms with Gasteiger partial charge in [-0.15, -0.1) is 0 Å². The summed E-state index contributed by atoms with van der Waals surface area (Å²) in [7, 11) is 0. The van der Waals surface area contributed by atoms with Crippen LogP contribution >= 0.6 is 0 Å². The van der Waals surface area contributed by atoms with Crippen LogP contribution in [0.15, 0.2) is 12.1 Å². The molecule has 0 spiro atoms. The lowest BCUT2D eigenvalue weighted by Gasteiger charge is -2.10. The van der Waals surface area contributed by atoms with Gasteiger partial charge in [0.05, 0.1) is 11.1 Å². The van der Waals surface area contributed by atoms with Gasteiger partial charge in [0.2, 0.25) is 0 Å². The van der Waals surface area contributed by atoms with Crippen LogP contribution in [0.25, 0.3) is 0 Å². The van der Waals surface area contributed by atoms with Gasteiger partial charge in [-0.2, -0.15) is 0 Å². The number of carbonyl (C=O) groups excluding carboxylic acids is 1. The van der Waals surface area contributed by atoms with E-state index in [2.05, 4.69) is 5.32 Å². The first-order chi connectivity index (χ1) is 9.86. The highest BCUT2D eigenvalue weighted by molar-refractivity contribution is 6.04. The SMILES string of the molecule is CC(CO)CCCNC(=O)c1cc(F)c(F)cc1C(=O)O. The average Bonchev–Trinajstić information content (AvgIpc) is 2.45. The highest BCUT2D eigenvalue weighted by Gasteiger charge is 2.20. The molecule has 1 aromatic carbocycles. The minimum Gasteiger partial charge on any atom is -0.478 e. The summed E-state index contributed by atoms with van der Waals surface area (Å²) in [5.41, 5.74) is -1.01. The standard InChI is InChI=1S/C14H17F2NO4/c1-8(7-18)3-2-4-17-13(19)9-5-11(15)12(16)6-10(9)14(20)21/h5-6,8,18H,2-4,7H2,1H3,(H,17,19)(H,20,21). The van der Waals surface area contributed by atoms with E-state index >= 15 is 0 Å². The summed E-state index contributed by atoms with van der Waals surface area (Å²) in [5, 5.41) is 20.2. The van der Waals surface area contributed by atoms with Crippen LogP contribution in [0, 0.1) is 17.6 Å². The number of nitrogens with one attached hydrogen (secondary N) is 1. The number of rotatable bonds is 7. The zero-order valence-corrected chi connectivity index (χ0v) is 11.5. The largest absolute Gasteiger partial charge is 0.478 e. The average molecular weight is 301 g/mol. The summed E-state index contributed by atoms with van der Waals surface area (Å²) in [5.74, 6) is -4.78. The van der Waals surface area contributed by atoms with Gasteiger partial charge in [-0.1, -0.05) is 6.92 Å². The Kier molecular flexibility index (Phi) is 6.23. The number of amides is 1. The van der Waals surface area contributed by atoms with E-state index in [0.717, 1.165) is 0 Å². The van der Waals surface area contributed by atoms with Crippen molar-refractivity contribution in [3.8, 4) is 0 Å². The Morgan fingerprint density at radius 1 is 1.24 bits per heavy atom. The molecule has 7 heteroatoms. The molecule has 0 aliphatic carbocycles. The van der Waals surface area contributed by atoms with E-state index in [1.54, 1.807) is 0 Å². The van der Waals surface area contributed by atoms with Crippen molar-refractivity contribution in [1.29, 1.82) is 0 Å². The molecule has 1 aromatic rings. The highest BCUT2D eigenvalue weighted by atomic mass is 19.2. The number of aromatic carboxylic acids is 1. The number of benzene rings is 1. The molecule has 1 atom stereocenters. The summed E-state index contributed by atoms with van der Waals surface area (Å²) in [6.45, 7) is 2.14. The van der Waals surface area contributed by atoms with Crippen molar-refractivity contribution in [3.05, 3.63) is 34.9 Å². The molecule has 1 unspecified atom stereocenters. The Balaban J connectivity index is 2.73. The number of halogens is 2. The first-order valence-electron chi connectivity index (χ1n) is 6.48. The Morgan fingerprint density at radius 3 is 2.33 bits per heavy atom. The van der Waals surface area contributed by atoms with Gasteiger partial charge in [0.25, 0.3) is 5.91 Å². The fourth-order valence-electron chi connectivity index (χ4n) is 1.75. The Labute approximate surface area is 120 Å². The molecule has 1 rings (SSSR count). The third-order valence-corrected chi connectivity index (χ3v) is 3.01. The topological polar surface area (TPSA) is 86.6 Å². The zero-order valence-electron chi connectivity index (χ0n) is 11.5. The van der Waals surface area contributed by atoms with Gasteiger partial charge in [0.15, 0.2) is 11.6 Å². The van der Waals surface area contributed by atoms with Crippen molar-refractivity contribution in [3.63, 3.8) is 0 Å². The molecular weight excluding hydrogens is 284 g/mol. The summed E-state index contributed by atoms with van der Waals surface area (Å²) in [4.78, 5) is 22.8. The Morgan fingerprint density at radius 2 is 1.81 bits per heavy atom. The fraction of sp³-hybridized carbons (Fsp3) is 0.429. The molecule has 21 heavy (non-hydrogen) atoms. The van der Waals surface area contributed by atoms with Gasteiger partial charge in [0, 0.05) is 13.2 Å². The minimum atomic E-state index is -1.51. The van der Waals surface area contributed by atoms with Crippen LogP contribution in [0.2, 0.25) is 0 Å². The van der Waals surface area contributed by atoms with Crippen LogP contribution in [0.5, 0.6) is 0 Å². The summed E-state index contributed by atoms with van der Waals surface area (Å²) < 4.78 is 26.2. The van der Waals surface area contributed by atoms with Gasteiger partial charge in [-0.3, -0.25) is 4.79 Å². The highest BCUT2D eigenvalue weighted by Crippen LogP contribution is 2.15. The van der Waals surface area contributed by atoms with E-state index in [9.17, 15) is 18.4 Å². The predicted molar refractivity (Wildman–Crippen MR) is 71.1 cm³/mol. The predicted octanol–water partition coefficient (Wildman–Crippen LogP) is 1.80. The van der Waals surface area contributed by atoms with Gasteiger partial charge in [0.1, 0.15) is 0 Å². The second-order valence-electron chi connectivity index (χ2n) is 4.80. The fourth-order valence-corrected chi connectivity index (χ4v) is 1.75.